The number of aromatic nitrogens is 1. The predicted octanol–water partition coefficient (Wildman–Crippen LogP) is 5.06. The standard InChI is InChI=1S/C15H11NO.C4H10/c17-15(11-4-2-1-3-5-11)13-6-7-14-12(10-13)8-9-16-14;1-4(2)3/h1-10,16H;4H,1-3H3. The fourth-order valence-electron chi connectivity index (χ4n) is 1.95. The number of carbonyl (C=O) groups is 1. The van der Waals surface area contributed by atoms with Crippen LogP contribution in [0.15, 0.2) is 60.8 Å². The molecule has 0 saturated carbocycles. The number of H-pyrrole nitrogens is 1. The van der Waals surface area contributed by atoms with Gasteiger partial charge < -0.3 is 4.98 Å². The molecule has 2 heteroatoms. The van der Waals surface area contributed by atoms with Crippen LogP contribution < -0.4 is 0 Å². The van der Waals surface area contributed by atoms with E-state index in [1.54, 1.807) is 0 Å². The minimum Gasteiger partial charge on any atom is -0.361 e. The zero-order valence-electron chi connectivity index (χ0n) is 12.8. The van der Waals surface area contributed by atoms with Crippen LogP contribution in [-0.2, 0) is 0 Å². The highest BCUT2D eigenvalue weighted by Crippen LogP contribution is 2.17. The van der Waals surface area contributed by atoms with E-state index in [4.69, 9.17) is 0 Å². The van der Waals surface area contributed by atoms with Gasteiger partial charge in [0.25, 0.3) is 0 Å². The third-order valence-corrected chi connectivity index (χ3v) is 2.85. The molecule has 1 aromatic heterocycles. The molecule has 108 valence electrons. The van der Waals surface area contributed by atoms with Gasteiger partial charge in [-0.25, -0.2) is 0 Å². The molecule has 0 radical (unpaired) electrons. The van der Waals surface area contributed by atoms with Crippen molar-refractivity contribution in [1.82, 2.24) is 4.98 Å². The monoisotopic (exact) mass is 279 g/mol. The molecule has 0 spiro atoms. The summed E-state index contributed by atoms with van der Waals surface area (Å²) in [6, 6.07) is 17.0. The lowest BCUT2D eigenvalue weighted by Gasteiger charge is -2.01. The number of hydrogen-bond donors (Lipinski definition) is 1. The average molecular weight is 279 g/mol. The van der Waals surface area contributed by atoms with E-state index in [1.165, 1.54) is 0 Å². The molecule has 0 fully saturated rings. The van der Waals surface area contributed by atoms with Gasteiger partial charge in [-0.05, 0) is 30.2 Å². The molecule has 0 atom stereocenters. The summed E-state index contributed by atoms with van der Waals surface area (Å²) in [5.74, 6) is 0.897. The summed E-state index contributed by atoms with van der Waals surface area (Å²) in [5.41, 5.74) is 2.50. The molecule has 0 saturated heterocycles. The van der Waals surface area contributed by atoms with E-state index in [0.29, 0.717) is 0 Å². The lowest BCUT2D eigenvalue weighted by Crippen LogP contribution is -2.00. The van der Waals surface area contributed by atoms with Gasteiger partial charge in [-0.2, -0.15) is 0 Å². The molecule has 1 heterocycles. The summed E-state index contributed by atoms with van der Waals surface area (Å²) < 4.78 is 0. The number of ketones is 1. The SMILES string of the molecule is CC(C)C.O=C(c1ccccc1)c1ccc2[nH]ccc2c1. The van der Waals surface area contributed by atoms with E-state index in [1.807, 2.05) is 60.8 Å². The second kappa shape index (κ2) is 6.89. The Balaban J connectivity index is 0.000000361. The Hall–Kier alpha value is -2.35. The minimum absolute atomic E-state index is 0.0636. The van der Waals surface area contributed by atoms with Crippen molar-refractivity contribution in [2.24, 2.45) is 5.92 Å². The van der Waals surface area contributed by atoms with Gasteiger partial charge in [0.15, 0.2) is 5.78 Å². The molecule has 3 aromatic rings. The third-order valence-electron chi connectivity index (χ3n) is 2.85. The van der Waals surface area contributed by atoms with Crippen LogP contribution in [-0.4, -0.2) is 10.8 Å². The molecule has 2 nitrogen and oxygen atoms in total. The second-order valence-electron chi connectivity index (χ2n) is 5.71. The maximum absolute atomic E-state index is 12.2. The normalized spacial score (nSPS) is 10.3. The Labute approximate surface area is 125 Å². The van der Waals surface area contributed by atoms with Crippen molar-refractivity contribution in [2.75, 3.05) is 0 Å². The second-order valence-corrected chi connectivity index (χ2v) is 5.71. The van der Waals surface area contributed by atoms with Crippen LogP contribution in [0, 0.1) is 5.92 Å². The van der Waals surface area contributed by atoms with Crippen molar-refractivity contribution >= 4 is 16.7 Å². The van der Waals surface area contributed by atoms with Gasteiger partial charge in [0.1, 0.15) is 0 Å². The highest BCUT2D eigenvalue weighted by Gasteiger charge is 2.08. The van der Waals surface area contributed by atoms with Crippen molar-refractivity contribution in [3.63, 3.8) is 0 Å². The molecule has 0 amide bonds. The van der Waals surface area contributed by atoms with Gasteiger partial charge in [-0.3, -0.25) is 4.79 Å². The van der Waals surface area contributed by atoms with E-state index in [2.05, 4.69) is 25.8 Å². The Bertz CT molecular complexity index is 708. The van der Waals surface area contributed by atoms with Gasteiger partial charge in [0.2, 0.25) is 0 Å². The van der Waals surface area contributed by atoms with Crippen molar-refractivity contribution in [1.29, 1.82) is 0 Å². The van der Waals surface area contributed by atoms with Crippen LogP contribution in [0.25, 0.3) is 10.9 Å². The number of fused-ring (bicyclic) bond motifs is 1. The van der Waals surface area contributed by atoms with E-state index < -0.39 is 0 Å². The zero-order chi connectivity index (χ0) is 15.2. The summed E-state index contributed by atoms with van der Waals surface area (Å²) >= 11 is 0. The van der Waals surface area contributed by atoms with Gasteiger partial charge >= 0.3 is 0 Å². The van der Waals surface area contributed by atoms with Crippen molar-refractivity contribution in [3.8, 4) is 0 Å². The molecular formula is C19H21NO. The Morgan fingerprint density at radius 1 is 0.905 bits per heavy atom. The van der Waals surface area contributed by atoms with Crippen molar-refractivity contribution in [3.05, 3.63) is 71.9 Å². The summed E-state index contributed by atoms with van der Waals surface area (Å²) in [6.45, 7) is 6.50. The van der Waals surface area contributed by atoms with E-state index in [9.17, 15) is 4.79 Å². The van der Waals surface area contributed by atoms with Crippen LogP contribution >= 0.6 is 0 Å². The predicted molar refractivity (Wildman–Crippen MR) is 88.7 cm³/mol. The van der Waals surface area contributed by atoms with Gasteiger partial charge in [-0.1, -0.05) is 51.1 Å². The van der Waals surface area contributed by atoms with Crippen molar-refractivity contribution < 1.29 is 4.79 Å². The molecule has 0 aliphatic rings. The maximum Gasteiger partial charge on any atom is 0.193 e. The molecule has 0 unspecified atom stereocenters. The van der Waals surface area contributed by atoms with Crippen LogP contribution in [0.3, 0.4) is 0 Å². The largest absolute Gasteiger partial charge is 0.361 e. The van der Waals surface area contributed by atoms with E-state index in [0.717, 1.165) is 27.9 Å². The lowest BCUT2D eigenvalue weighted by atomic mass is 10.0. The first kappa shape index (κ1) is 15.0. The van der Waals surface area contributed by atoms with Crippen molar-refractivity contribution in [2.45, 2.75) is 20.8 Å². The average Bonchev–Trinajstić information content (AvgIpc) is 2.94. The van der Waals surface area contributed by atoms with E-state index in [-0.39, 0.29) is 5.78 Å². The lowest BCUT2D eigenvalue weighted by molar-refractivity contribution is 0.103. The zero-order valence-corrected chi connectivity index (χ0v) is 12.8. The van der Waals surface area contributed by atoms with Crippen LogP contribution in [0.4, 0.5) is 0 Å². The fourth-order valence-corrected chi connectivity index (χ4v) is 1.95. The topological polar surface area (TPSA) is 32.9 Å². The van der Waals surface area contributed by atoms with Crippen LogP contribution in [0.5, 0.6) is 0 Å². The molecular weight excluding hydrogens is 258 g/mol. The molecule has 0 aliphatic carbocycles. The number of nitrogens with one attached hydrogen (secondary N) is 1. The highest BCUT2D eigenvalue weighted by molar-refractivity contribution is 6.10. The Morgan fingerprint density at radius 2 is 1.57 bits per heavy atom. The smallest absolute Gasteiger partial charge is 0.193 e. The molecule has 3 rings (SSSR count). The third kappa shape index (κ3) is 4.06. The summed E-state index contributed by atoms with van der Waals surface area (Å²) in [5, 5.41) is 1.06. The summed E-state index contributed by atoms with van der Waals surface area (Å²) in [7, 11) is 0. The Morgan fingerprint density at radius 3 is 2.24 bits per heavy atom. The number of hydrogen-bond acceptors (Lipinski definition) is 1. The minimum atomic E-state index is 0.0636. The molecule has 2 aromatic carbocycles. The van der Waals surface area contributed by atoms with E-state index >= 15 is 0 Å². The first-order chi connectivity index (χ1) is 10.1. The molecule has 0 aliphatic heterocycles. The number of carbonyl (C=O) groups excluding carboxylic acids is 1. The van der Waals surface area contributed by atoms with Gasteiger partial charge in [-0.15, -0.1) is 0 Å². The summed E-state index contributed by atoms with van der Waals surface area (Å²) in [4.78, 5) is 15.3. The quantitative estimate of drug-likeness (QED) is 0.653. The van der Waals surface area contributed by atoms with Gasteiger partial charge in [0, 0.05) is 28.2 Å². The number of aromatic amines is 1. The molecule has 0 bridgehead atoms. The molecule has 1 N–H and O–H groups in total. The van der Waals surface area contributed by atoms with Crippen LogP contribution in [0.2, 0.25) is 0 Å². The first-order valence-electron chi connectivity index (χ1n) is 7.25. The number of rotatable bonds is 2. The maximum atomic E-state index is 12.2. The fraction of sp³-hybridized carbons (Fsp3) is 0.211. The molecule has 21 heavy (non-hydrogen) atoms. The first-order valence-corrected chi connectivity index (χ1v) is 7.25. The Kier molecular flexibility index (Phi) is 4.94. The number of benzene rings is 2. The summed E-state index contributed by atoms with van der Waals surface area (Å²) in [6.07, 6.45) is 1.88. The highest BCUT2D eigenvalue weighted by atomic mass is 16.1. The van der Waals surface area contributed by atoms with Crippen LogP contribution in [0.1, 0.15) is 36.7 Å². The van der Waals surface area contributed by atoms with Gasteiger partial charge in [0.05, 0.1) is 0 Å².